The highest BCUT2D eigenvalue weighted by Gasteiger charge is 2.13. The predicted molar refractivity (Wildman–Crippen MR) is 117 cm³/mol. The molecule has 0 aromatic carbocycles. The van der Waals surface area contributed by atoms with Gasteiger partial charge in [-0.1, -0.05) is 6.07 Å². The molecule has 0 spiro atoms. The van der Waals surface area contributed by atoms with E-state index >= 15 is 0 Å². The van der Waals surface area contributed by atoms with E-state index in [1.165, 1.54) is 18.4 Å². The lowest BCUT2D eigenvalue weighted by molar-refractivity contribution is 0.799. The molecule has 0 saturated carbocycles. The molecule has 1 aliphatic rings. The zero-order valence-electron chi connectivity index (χ0n) is 15.2. The molecule has 6 nitrogen and oxygen atoms in total. The number of pyridine rings is 2. The number of nitrogens with one attached hydrogen (secondary N) is 2. The van der Waals surface area contributed by atoms with Crippen molar-refractivity contribution in [2.45, 2.75) is 32.9 Å². The number of rotatable bonds is 6. The van der Waals surface area contributed by atoms with Crippen LogP contribution < -0.4 is 15.5 Å². The summed E-state index contributed by atoms with van der Waals surface area (Å²) >= 11 is 0. The molecule has 2 N–H and O–H groups in total. The van der Waals surface area contributed by atoms with Gasteiger partial charge in [-0.2, -0.15) is 0 Å². The number of nitrogens with zero attached hydrogens (tertiary/aromatic N) is 4. The van der Waals surface area contributed by atoms with Gasteiger partial charge in [-0.25, -0.2) is 9.98 Å². The van der Waals surface area contributed by atoms with E-state index in [0.29, 0.717) is 13.1 Å². The van der Waals surface area contributed by atoms with Crippen molar-refractivity contribution in [1.29, 1.82) is 0 Å². The molecule has 3 rings (SSSR count). The molecular formula is C19H27IN6. The van der Waals surface area contributed by atoms with Crippen LogP contribution in [0, 0.1) is 0 Å². The molecule has 1 fully saturated rings. The molecule has 2 aromatic rings. The van der Waals surface area contributed by atoms with Gasteiger partial charge in [0.2, 0.25) is 0 Å². The lowest BCUT2D eigenvalue weighted by Gasteiger charge is -2.16. The summed E-state index contributed by atoms with van der Waals surface area (Å²) in [5, 5.41) is 6.61. The van der Waals surface area contributed by atoms with Crippen LogP contribution in [0.1, 0.15) is 31.0 Å². The maximum atomic E-state index is 4.69. The molecule has 140 valence electrons. The smallest absolute Gasteiger partial charge is 0.191 e. The highest BCUT2D eigenvalue weighted by Crippen LogP contribution is 2.18. The molecule has 0 aliphatic carbocycles. The summed E-state index contributed by atoms with van der Waals surface area (Å²) in [6.45, 7) is 6.38. The molecule has 1 aliphatic heterocycles. The van der Waals surface area contributed by atoms with Crippen molar-refractivity contribution in [3.05, 3.63) is 54.0 Å². The Morgan fingerprint density at radius 2 is 1.96 bits per heavy atom. The van der Waals surface area contributed by atoms with Crippen LogP contribution in [0.25, 0.3) is 0 Å². The Kier molecular flexibility index (Phi) is 8.60. The number of aliphatic imine (C=N–C) groups is 1. The highest BCUT2D eigenvalue weighted by atomic mass is 127. The van der Waals surface area contributed by atoms with Gasteiger partial charge in [0.25, 0.3) is 0 Å². The maximum Gasteiger partial charge on any atom is 0.191 e. The molecule has 1 saturated heterocycles. The number of hydrogen-bond acceptors (Lipinski definition) is 4. The monoisotopic (exact) mass is 466 g/mol. The van der Waals surface area contributed by atoms with Crippen LogP contribution in [0.15, 0.2) is 47.7 Å². The Labute approximate surface area is 172 Å². The predicted octanol–water partition coefficient (Wildman–Crippen LogP) is 2.95. The molecule has 0 radical (unpaired) electrons. The van der Waals surface area contributed by atoms with Crippen LogP contribution in [0.4, 0.5) is 5.82 Å². The fraction of sp³-hybridized carbons (Fsp3) is 0.421. The van der Waals surface area contributed by atoms with Crippen molar-refractivity contribution in [3.8, 4) is 0 Å². The third kappa shape index (κ3) is 6.12. The lowest BCUT2D eigenvalue weighted by atomic mass is 10.2. The first-order valence-electron chi connectivity index (χ1n) is 8.97. The minimum absolute atomic E-state index is 0. The van der Waals surface area contributed by atoms with Gasteiger partial charge in [-0.3, -0.25) is 4.98 Å². The number of guanidine groups is 1. The van der Waals surface area contributed by atoms with Gasteiger partial charge in [0.15, 0.2) is 5.96 Å². The molecule has 0 bridgehead atoms. The topological polar surface area (TPSA) is 65.4 Å². The van der Waals surface area contributed by atoms with Crippen LogP contribution in [-0.2, 0) is 13.1 Å². The first-order chi connectivity index (χ1) is 12.3. The normalized spacial score (nSPS) is 14.0. The minimum Gasteiger partial charge on any atom is -0.357 e. The average molecular weight is 466 g/mol. The molecule has 0 unspecified atom stereocenters. The number of hydrogen-bond donors (Lipinski definition) is 2. The van der Waals surface area contributed by atoms with Gasteiger partial charge < -0.3 is 15.5 Å². The molecule has 7 heteroatoms. The number of halogens is 1. The first-order valence-corrected chi connectivity index (χ1v) is 8.97. The molecule has 3 heterocycles. The Hall–Kier alpha value is -1.90. The summed E-state index contributed by atoms with van der Waals surface area (Å²) in [6, 6.07) is 10.1. The maximum absolute atomic E-state index is 4.69. The molecule has 2 aromatic heterocycles. The van der Waals surface area contributed by atoms with Gasteiger partial charge in [0.05, 0.1) is 18.8 Å². The van der Waals surface area contributed by atoms with Crippen LogP contribution in [0.5, 0.6) is 0 Å². The molecular weight excluding hydrogens is 439 g/mol. The van der Waals surface area contributed by atoms with Crippen LogP contribution in [0.3, 0.4) is 0 Å². The number of aromatic nitrogens is 2. The number of anilines is 1. The van der Waals surface area contributed by atoms with Gasteiger partial charge in [-0.15, -0.1) is 24.0 Å². The summed E-state index contributed by atoms with van der Waals surface area (Å²) in [4.78, 5) is 15.9. The SMILES string of the molecule is CCNC(=NCc1ccnc(N2CCCC2)c1)NCc1ccccn1.I. The van der Waals surface area contributed by atoms with E-state index in [1.54, 1.807) is 6.20 Å². The van der Waals surface area contributed by atoms with E-state index < -0.39 is 0 Å². The lowest BCUT2D eigenvalue weighted by Crippen LogP contribution is -2.37. The Bertz CT molecular complexity index is 685. The third-order valence-corrected chi connectivity index (χ3v) is 4.17. The fourth-order valence-electron chi connectivity index (χ4n) is 2.87. The van der Waals surface area contributed by atoms with Gasteiger partial charge in [0, 0.05) is 32.0 Å². The van der Waals surface area contributed by atoms with E-state index in [4.69, 9.17) is 0 Å². The Morgan fingerprint density at radius 3 is 2.69 bits per heavy atom. The summed E-state index contributed by atoms with van der Waals surface area (Å²) in [7, 11) is 0. The second-order valence-corrected chi connectivity index (χ2v) is 6.09. The zero-order valence-corrected chi connectivity index (χ0v) is 17.5. The molecule has 0 amide bonds. The molecule has 0 atom stereocenters. The van der Waals surface area contributed by atoms with Crippen LogP contribution in [-0.4, -0.2) is 35.6 Å². The minimum atomic E-state index is 0. The summed E-state index contributed by atoms with van der Waals surface area (Å²) in [6.07, 6.45) is 6.20. The van der Waals surface area contributed by atoms with Gasteiger partial charge in [0.1, 0.15) is 5.82 Å². The molecule has 26 heavy (non-hydrogen) atoms. The van der Waals surface area contributed by atoms with E-state index in [1.807, 2.05) is 30.5 Å². The van der Waals surface area contributed by atoms with Crippen molar-refractivity contribution >= 4 is 35.8 Å². The summed E-state index contributed by atoms with van der Waals surface area (Å²) in [5.41, 5.74) is 2.17. The van der Waals surface area contributed by atoms with Gasteiger partial charge in [-0.05, 0) is 49.6 Å². The largest absolute Gasteiger partial charge is 0.357 e. The van der Waals surface area contributed by atoms with E-state index in [2.05, 4.69) is 43.5 Å². The third-order valence-electron chi connectivity index (χ3n) is 4.17. The summed E-state index contributed by atoms with van der Waals surface area (Å²) in [5.74, 6) is 1.87. The van der Waals surface area contributed by atoms with Crippen molar-refractivity contribution in [2.24, 2.45) is 4.99 Å². The van der Waals surface area contributed by atoms with E-state index in [-0.39, 0.29) is 24.0 Å². The second-order valence-electron chi connectivity index (χ2n) is 6.09. The van der Waals surface area contributed by atoms with Crippen molar-refractivity contribution in [1.82, 2.24) is 20.6 Å². The second kappa shape index (κ2) is 10.9. The van der Waals surface area contributed by atoms with Gasteiger partial charge >= 0.3 is 0 Å². The Morgan fingerprint density at radius 1 is 1.12 bits per heavy atom. The standard InChI is InChI=1S/C19H26N6.HI/c1-2-20-19(24-15-17-7-3-4-9-21-17)23-14-16-8-10-22-18(13-16)25-11-5-6-12-25;/h3-4,7-10,13H,2,5-6,11-12,14-15H2,1H3,(H2,20,23,24);1H. The zero-order chi connectivity index (χ0) is 17.3. The van der Waals surface area contributed by atoms with Crippen molar-refractivity contribution < 1.29 is 0 Å². The Balaban J connectivity index is 0.00000243. The quantitative estimate of drug-likeness (QED) is 0.390. The van der Waals surface area contributed by atoms with Crippen LogP contribution in [0.2, 0.25) is 0 Å². The van der Waals surface area contributed by atoms with Crippen molar-refractivity contribution in [2.75, 3.05) is 24.5 Å². The highest BCUT2D eigenvalue weighted by molar-refractivity contribution is 14.0. The first kappa shape index (κ1) is 20.4. The van der Waals surface area contributed by atoms with E-state index in [9.17, 15) is 0 Å². The summed E-state index contributed by atoms with van der Waals surface area (Å²) < 4.78 is 0. The van der Waals surface area contributed by atoms with E-state index in [0.717, 1.165) is 37.1 Å². The van der Waals surface area contributed by atoms with Crippen LogP contribution >= 0.6 is 24.0 Å². The fourth-order valence-corrected chi connectivity index (χ4v) is 2.87. The van der Waals surface area contributed by atoms with Crippen molar-refractivity contribution in [3.63, 3.8) is 0 Å². The average Bonchev–Trinajstić information content (AvgIpc) is 3.20.